The predicted octanol–water partition coefficient (Wildman–Crippen LogP) is 0.616. The number of nitrogens with two attached hydrogens (primary N) is 2. The predicted molar refractivity (Wildman–Crippen MR) is 72.0 cm³/mol. The SMILES string of the molecule is CN(C)CC/C(=N\N=C(N)N)c1ccccc1. The van der Waals surface area contributed by atoms with Crippen LogP contribution >= 0.6 is 0 Å². The normalized spacial score (nSPS) is 11.6. The van der Waals surface area contributed by atoms with Gasteiger partial charge in [-0.05, 0) is 19.7 Å². The number of hydrogen-bond acceptors (Lipinski definition) is 3. The molecule has 5 heteroatoms. The molecule has 4 N–H and O–H groups in total. The first-order valence-corrected chi connectivity index (χ1v) is 5.45. The van der Waals surface area contributed by atoms with Crippen LogP contribution in [-0.4, -0.2) is 37.2 Å². The van der Waals surface area contributed by atoms with Crippen molar-refractivity contribution in [1.82, 2.24) is 4.90 Å². The largest absolute Gasteiger partial charge is 0.369 e. The van der Waals surface area contributed by atoms with Crippen LogP contribution in [0.5, 0.6) is 0 Å². The molecule has 0 bridgehead atoms. The van der Waals surface area contributed by atoms with E-state index in [1.165, 1.54) is 0 Å². The topological polar surface area (TPSA) is 80.0 Å². The van der Waals surface area contributed by atoms with E-state index >= 15 is 0 Å². The summed E-state index contributed by atoms with van der Waals surface area (Å²) in [6, 6.07) is 9.90. The molecule has 17 heavy (non-hydrogen) atoms. The third-order valence-corrected chi connectivity index (χ3v) is 2.19. The molecule has 5 nitrogen and oxygen atoms in total. The Morgan fingerprint density at radius 1 is 1.12 bits per heavy atom. The first kappa shape index (κ1) is 13.2. The van der Waals surface area contributed by atoms with Crippen molar-refractivity contribution in [2.24, 2.45) is 21.7 Å². The molecule has 0 amide bonds. The fourth-order valence-electron chi connectivity index (χ4n) is 1.33. The van der Waals surface area contributed by atoms with Gasteiger partial charge in [-0.1, -0.05) is 30.3 Å². The van der Waals surface area contributed by atoms with E-state index in [1.807, 2.05) is 44.4 Å². The standard InChI is InChI=1S/C12H19N5/c1-17(2)9-8-11(15-16-12(13)14)10-6-4-3-5-7-10/h3-7H,8-9H2,1-2H3,(H4,13,14,16)/b15-11+. The van der Waals surface area contributed by atoms with Crippen molar-refractivity contribution in [2.75, 3.05) is 20.6 Å². The molecular formula is C12H19N5. The summed E-state index contributed by atoms with van der Waals surface area (Å²) in [6.07, 6.45) is 0.799. The van der Waals surface area contributed by atoms with Gasteiger partial charge in [0.25, 0.3) is 0 Å². The van der Waals surface area contributed by atoms with E-state index < -0.39 is 0 Å². The van der Waals surface area contributed by atoms with Crippen LogP contribution in [0.15, 0.2) is 40.5 Å². The molecule has 0 unspecified atom stereocenters. The van der Waals surface area contributed by atoms with Crippen molar-refractivity contribution in [3.63, 3.8) is 0 Å². The van der Waals surface area contributed by atoms with Crippen LogP contribution in [0.4, 0.5) is 0 Å². The van der Waals surface area contributed by atoms with Crippen LogP contribution in [0.2, 0.25) is 0 Å². The zero-order chi connectivity index (χ0) is 12.7. The first-order valence-electron chi connectivity index (χ1n) is 5.45. The van der Waals surface area contributed by atoms with Gasteiger partial charge >= 0.3 is 0 Å². The molecule has 0 fully saturated rings. The van der Waals surface area contributed by atoms with Gasteiger partial charge in [-0.2, -0.15) is 5.10 Å². The van der Waals surface area contributed by atoms with Crippen molar-refractivity contribution in [3.8, 4) is 0 Å². The Bertz CT molecular complexity index is 391. The number of guanidine groups is 1. The van der Waals surface area contributed by atoms with E-state index in [0.29, 0.717) is 0 Å². The van der Waals surface area contributed by atoms with E-state index in [4.69, 9.17) is 11.5 Å². The molecule has 0 radical (unpaired) electrons. The minimum absolute atomic E-state index is 0.0247. The van der Waals surface area contributed by atoms with Gasteiger partial charge in [-0.15, -0.1) is 5.10 Å². The van der Waals surface area contributed by atoms with Gasteiger partial charge in [0.1, 0.15) is 0 Å². The monoisotopic (exact) mass is 233 g/mol. The second-order valence-electron chi connectivity index (χ2n) is 3.99. The zero-order valence-electron chi connectivity index (χ0n) is 10.3. The zero-order valence-corrected chi connectivity index (χ0v) is 10.3. The summed E-state index contributed by atoms with van der Waals surface area (Å²) in [7, 11) is 4.03. The summed E-state index contributed by atoms with van der Waals surface area (Å²) in [5, 5.41) is 7.81. The lowest BCUT2D eigenvalue weighted by Crippen LogP contribution is -2.22. The summed E-state index contributed by atoms with van der Waals surface area (Å²) in [4.78, 5) is 2.09. The summed E-state index contributed by atoms with van der Waals surface area (Å²) in [5.41, 5.74) is 12.5. The molecule has 1 aromatic rings. The Balaban J connectivity index is 2.87. The highest BCUT2D eigenvalue weighted by molar-refractivity contribution is 6.00. The molecule has 0 aliphatic heterocycles. The summed E-state index contributed by atoms with van der Waals surface area (Å²) in [5.74, 6) is -0.0247. The number of benzene rings is 1. The number of rotatable bonds is 5. The van der Waals surface area contributed by atoms with Crippen molar-refractivity contribution >= 4 is 11.7 Å². The Morgan fingerprint density at radius 3 is 2.29 bits per heavy atom. The van der Waals surface area contributed by atoms with Gasteiger partial charge in [0.2, 0.25) is 5.96 Å². The van der Waals surface area contributed by atoms with Gasteiger partial charge in [-0.25, -0.2) is 0 Å². The average molecular weight is 233 g/mol. The van der Waals surface area contributed by atoms with Crippen LogP contribution in [0, 0.1) is 0 Å². The molecule has 1 aromatic carbocycles. The van der Waals surface area contributed by atoms with Crippen LogP contribution in [0.3, 0.4) is 0 Å². The second-order valence-corrected chi connectivity index (χ2v) is 3.99. The molecule has 0 spiro atoms. The van der Waals surface area contributed by atoms with E-state index in [-0.39, 0.29) is 5.96 Å². The Kier molecular flexibility index (Phi) is 5.16. The molecule has 0 saturated carbocycles. The molecule has 0 aromatic heterocycles. The van der Waals surface area contributed by atoms with Gasteiger partial charge in [-0.3, -0.25) is 0 Å². The van der Waals surface area contributed by atoms with Gasteiger partial charge < -0.3 is 16.4 Å². The highest BCUT2D eigenvalue weighted by Gasteiger charge is 2.03. The second kappa shape index (κ2) is 6.65. The summed E-state index contributed by atoms with van der Waals surface area (Å²) in [6.45, 7) is 0.897. The molecule has 0 aliphatic rings. The van der Waals surface area contributed by atoms with Crippen molar-refractivity contribution in [3.05, 3.63) is 35.9 Å². The van der Waals surface area contributed by atoms with Crippen LogP contribution in [0.25, 0.3) is 0 Å². The smallest absolute Gasteiger partial charge is 0.211 e. The minimum atomic E-state index is -0.0247. The van der Waals surface area contributed by atoms with E-state index in [0.717, 1.165) is 24.2 Å². The maximum atomic E-state index is 5.29. The molecule has 1 rings (SSSR count). The van der Waals surface area contributed by atoms with Crippen molar-refractivity contribution in [2.45, 2.75) is 6.42 Å². The summed E-state index contributed by atoms with van der Waals surface area (Å²) >= 11 is 0. The molecule has 0 saturated heterocycles. The highest BCUT2D eigenvalue weighted by atomic mass is 15.3. The average Bonchev–Trinajstić information content (AvgIpc) is 2.29. The first-order chi connectivity index (χ1) is 8.09. The van der Waals surface area contributed by atoms with E-state index in [2.05, 4.69) is 15.1 Å². The third-order valence-electron chi connectivity index (χ3n) is 2.19. The van der Waals surface area contributed by atoms with Gasteiger partial charge in [0.15, 0.2) is 0 Å². The Hall–Kier alpha value is -1.88. The fraction of sp³-hybridized carbons (Fsp3) is 0.333. The molecular weight excluding hydrogens is 214 g/mol. The van der Waals surface area contributed by atoms with Gasteiger partial charge in [0, 0.05) is 13.0 Å². The maximum absolute atomic E-state index is 5.29. The Labute approximate surface area is 102 Å². The van der Waals surface area contributed by atoms with Crippen molar-refractivity contribution < 1.29 is 0 Å². The molecule has 0 aliphatic carbocycles. The lowest BCUT2D eigenvalue weighted by Gasteiger charge is -2.10. The summed E-state index contributed by atoms with van der Waals surface area (Å²) < 4.78 is 0. The highest BCUT2D eigenvalue weighted by Crippen LogP contribution is 2.05. The lowest BCUT2D eigenvalue weighted by atomic mass is 10.1. The van der Waals surface area contributed by atoms with Crippen molar-refractivity contribution in [1.29, 1.82) is 0 Å². The maximum Gasteiger partial charge on any atom is 0.211 e. The molecule has 92 valence electrons. The molecule has 0 atom stereocenters. The third kappa shape index (κ3) is 5.12. The van der Waals surface area contributed by atoms with E-state index in [1.54, 1.807) is 0 Å². The lowest BCUT2D eigenvalue weighted by molar-refractivity contribution is 0.422. The fourth-order valence-corrected chi connectivity index (χ4v) is 1.33. The minimum Gasteiger partial charge on any atom is -0.369 e. The quantitative estimate of drug-likeness (QED) is 0.444. The number of nitrogens with zero attached hydrogens (tertiary/aromatic N) is 3. The van der Waals surface area contributed by atoms with Crippen LogP contribution < -0.4 is 11.5 Å². The molecule has 0 heterocycles. The van der Waals surface area contributed by atoms with Crippen LogP contribution in [0.1, 0.15) is 12.0 Å². The van der Waals surface area contributed by atoms with E-state index in [9.17, 15) is 0 Å². The Morgan fingerprint density at radius 2 is 1.76 bits per heavy atom. The number of hydrogen-bond donors (Lipinski definition) is 2. The van der Waals surface area contributed by atoms with Gasteiger partial charge in [0.05, 0.1) is 5.71 Å². The van der Waals surface area contributed by atoms with Crippen LogP contribution in [-0.2, 0) is 0 Å².